The van der Waals surface area contributed by atoms with E-state index in [9.17, 15) is 23.1 Å². The fraction of sp³-hybridized carbons (Fsp3) is 0.417. The van der Waals surface area contributed by atoms with Crippen LogP contribution in [0.3, 0.4) is 0 Å². The van der Waals surface area contributed by atoms with Crippen molar-refractivity contribution in [1.82, 2.24) is 4.90 Å². The van der Waals surface area contributed by atoms with Crippen LogP contribution >= 0.6 is 0 Å². The number of halogens is 3. The molecule has 0 aliphatic carbocycles. The summed E-state index contributed by atoms with van der Waals surface area (Å²) in [6.07, 6.45) is -4.58. The summed E-state index contributed by atoms with van der Waals surface area (Å²) >= 11 is 0. The van der Waals surface area contributed by atoms with Crippen molar-refractivity contribution in [2.75, 3.05) is 13.1 Å². The molecule has 6 heteroatoms. The molecule has 1 fully saturated rings. The molecule has 1 heterocycles. The summed E-state index contributed by atoms with van der Waals surface area (Å²) in [6.45, 7) is 0.547. The predicted octanol–water partition coefficient (Wildman–Crippen LogP) is 1.91. The zero-order valence-electron chi connectivity index (χ0n) is 9.44. The van der Waals surface area contributed by atoms with Gasteiger partial charge in [-0.05, 0) is 24.6 Å². The number of alkyl halides is 3. The fourth-order valence-corrected chi connectivity index (χ4v) is 1.94. The second-order valence-electron chi connectivity index (χ2n) is 4.27. The molecule has 98 valence electrons. The number of hydrogen-bond donors (Lipinski definition) is 1. The first-order valence-corrected chi connectivity index (χ1v) is 5.52. The van der Waals surface area contributed by atoms with E-state index in [0.29, 0.717) is 13.0 Å². The highest BCUT2D eigenvalue weighted by molar-refractivity contribution is 5.94. The van der Waals surface area contributed by atoms with Crippen LogP contribution in [-0.4, -0.2) is 35.1 Å². The van der Waals surface area contributed by atoms with Gasteiger partial charge in [0.1, 0.15) is 0 Å². The fourth-order valence-electron chi connectivity index (χ4n) is 1.94. The average molecular weight is 259 g/mol. The summed E-state index contributed by atoms with van der Waals surface area (Å²) < 4.78 is 37.5. The molecule has 1 saturated heterocycles. The Hall–Kier alpha value is -1.56. The highest BCUT2D eigenvalue weighted by Crippen LogP contribution is 2.30. The molecule has 3 nitrogen and oxygen atoms in total. The highest BCUT2D eigenvalue weighted by atomic mass is 19.4. The van der Waals surface area contributed by atoms with Crippen LogP contribution in [0.25, 0.3) is 0 Å². The van der Waals surface area contributed by atoms with Crippen molar-refractivity contribution < 1.29 is 23.1 Å². The first kappa shape index (κ1) is 12.9. The molecule has 1 amide bonds. The van der Waals surface area contributed by atoms with Gasteiger partial charge in [0.2, 0.25) is 0 Å². The predicted molar refractivity (Wildman–Crippen MR) is 58.0 cm³/mol. The maximum Gasteiger partial charge on any atom is 0.416 e. The van der Waals surface area contributed by atoms with Gasteiger partial charge < -0.3 is 10.0 Å². The zero-order chi connectivity index (χ0) is 13.3. The van der Waals surface area contributed by atoms with Crippen LogP contribution in [0.1, 0.15) is 22.3 Å². The van der Waals surface area contributed by atoms with Crippen molar-refractivity contribution in [2.45, 2.75) is 18.7 Å². The lowest BCUT2D eigenvalue weighted by atomic mass is 10.1. The largest absolute Gasteiger partial charge is 0.416 e. The van der Waals surface area contributed by atoms with Crippen LogP contribution < -0.4 is 0 Å². The topological polar surface area (TPSA) is 40.5 Å². The number of aliphatic hydroxyl groups excluding tert-OH is 1. The van der Waals surface area contributed by atoms with Gasteiger partial charge in [0.05, 0.1) is 11.7 Å². The third-order valence-corrected chi connectivity index (χ3v) is 2.89. The average Bonchev–Trinajstić information content (AvgIpc) is 2.74. The van der Waals surface area contributed by atoms with E-state index in [1.165, 1.54) is 17.0 Å². The van der Waals surface area contributed by atoms with Crippen LogP contribution in [0.2, 0.25) is 0 Å². The molecule has 0 radical (unpaired) electrons. The standard InChI is InChI=1S/C12H12F3NO2/c13-12(14,15)9-3-1-2-8(6-9)11(18)16-5-4-10(17)7-16/h1-3,6,10,17H,4-5,7H2/t10-/m1/s1. The minimum Gasteiger partial charge on any atom is -0.391 e. The molecule has 18 heavy (non-hydrogen) atoms. The number of hydrogen-bond acceptors (Lipinski definition) is 2. The minimum atomic E-state index is -4.46. The molecule has 0 bridgehead atoms. The summed E-state index contributed by atoms with van der Waals surface area (Å²) in [7, 11) is 0. The number of likely N-dealkylation sites (tertiary alicyclic amines) is 1. The van der Waals surface area contributed by atoms with Crippen molar-refractivity contribution in [3.8, 4) is 0 Å². The third-order valence-electron chi connectivity index (χ3n) is 2.89. The van der Waals surface area contributed by atoms with E-state index in [-0.39, 0.29) is 12.1 Å². The lowest BCUT2D eigenvalue weighted by molar-refractivity contribution is -0.137. The van der Waals surface area contributed by atoms with Gasteiger partial charge >= 0.3 is 6.18 Å². The van der Waals surface area contributed by atoms with Gasteiger partial charge in [-0.15, -0.1) is 0 Å². The van der Waals surface area contributed by atoms with Crippen molar-refractivity contribution in [2.24, 2.45) is 0 Å². The number of β-amino-alcohol motifs (C(OH)–C–C–N with tert-alkyl or cyclic N) is 1. The van der Waals surface area contributed by atoms with Crippen LogP contribution in [0, 0.1) is 0 Å². The van der Waals surface area contributed by atoms with E-state index < -0.39 is 23.8 Å². The quantitative estimate of drug-likeness (QED) is 0.837. The van der Waals surface area contributed by atoms with E-state index in [4.69, 9.17) is 0 Å². The Morgan fingerprint density at radius 1 is 1.39 bits per heavy atom. The van der Waals surface area contributed by atoms with Gasteiger partial charge in [-0.2, -0.15) is 13.2 Å². The molecule has 0 spiro atoms. The summed E-state index contributed by atoms with van der Waals surface area (Å²) in [5, 5.41) is 9.31. The summed E-state index contributed by atoms with van der Waals surface area (Å²) in [4.78, 5) is 13.3. The number of benzene rings is 1. The molecule has 1 aliphatic rings. The SMILES string of the molecule is O=C(c1cccc(C(F)(F)F)c1)N1CC[C@@H](O)C1. The lowest BCUT2D eigenvalue weighted by Crippen LogP contribution is -2.29. The first-order valence-electron chi connectivity index (χ1n) is 5.52. The number of carbonyl (C=O) groups excluding carboxylic acids is 1. The molecule has 1 aromatic carbocycles. The molecule has 1 atom stereocenters. The van der Waals surface area contributed by atoms with Gasteiger partial charge in [-0.25, -0.2) is 0 Å². The van der Waals surface area contributed by atoms with E-state index in [1.807, 2.05) is 0 Å². The van der Waals surface area contributed by atoms with E-state index in [0.717, 1.165) is 12.1 Å². The summed E-state index contributed by atoms with van der Waals surface area (Å²) in [5.74, 6) is -0.474. The zero-order valence-corrected chi connectivity index (χ0v) is 9.44. The normalized spacial score (nSPS) is 20.2. The maximum absolute atomic E-state index is 12.5. The monoisotopic (exact) mass is 259 g/mol. The van der Waals surface area contributed by atoms with Crippen molar-refractivity contribution in [3.05, 3.63) is 35.4 Å². The van der Waals surface area contributed by atoms with E-state index in [2.05, 4.69) is 0 Å². The van der Waals surface area contributed by atoms with Gasteiger partial charge in [0.25, 0.3) is 5.91 Å². The Morgan fingerprint density at radius 3 is 2.67 bits per heavy atom. The number of rotatable bonds is 1. The Morgan fingerprint density at radius 2 is 2.11 bits per heavy atom. The molecular weight excluding hydrogens is 247 g/mol. The smallest absolute Gasteiger partial charge is 0.391 e. The molecule has 1 aliphatic heterocycles. The van der Waals surface area contributed by atoms with Crippen molar-refractivity contribution in [3.63, 3.8) is 0 Å². The molecule has 0 saturated carbocycles. The Bertz CT molecular complexity index is 459. The number of nitrogens with zero attached hydrogens (tertiary/aromatic N) is 1. The maximum atomic E-state index is 12.5. The van der Waals surface area contributed by atoms with Gasteiger partial charge in [-0.3, -0.25) is 4.79 Å². The molecule has 2 rings (SSSR count). The van der Waals surface area contributed by atoms with Crippen LogP contribution in [0.15, 0.2) is 24.3 Å². The van der Waals surface area contributed by atoms with E-state index >= 15 is 0 Å². The second kappa shape index (κ2) is 4.61. The third kappa shape index (κ3) is 2.64. The van der Waals surface area contributed by atoms with Gasteiger partial charge in [-0.1, -0.05) is 6.07 Å². The first-order chi connectivity index (χ1) is 8.38. The number of aliphatic hydroxyl groups is 1. The molecule has 1 N–H and O–H groups in total. The van der Waals surface area contributed by atoms with Crippen molar-refractivity contribution >= 4 is 5.91 Å². The second-order valence-corrected chi connectivity index (χ2v) is 4.27. The van der Waals surface area contributed by atoms with Crippen LogP contribution in [0.5, 0.6) is 0 Å². The van der Waals surface area contributed by atoms with Crippen molar-refractivity contribution in [1.29, 1.82) is 0 Å². The van der Waals surface area contributed by atoms with Crippen LogP contribution in [0.4, 0.5) is 13.2 Å². The lowest BCUT2D eigenvalue weighted by Gasteiger charge is -2.16. The Kier molecular flexibility index (Phi) is 3.30. The molecule has 0 unspecified atom stereocenters. The number of amides is 1. The highest BCUT2D eigenvalue weighted by Gasteiger charge is 2.32. The Balaban J connectivity index is 2.21. The molecule has 0 aromatic heterocycles. The summed E-state index contributed by atoms with van der Waals surface area (Å²) in [5.41, 5.74) is -0.841. The Labute approximate surface area is 102 Å². The minimum absolute atomic E-state index is 0.000995. The summed E-state index contributed by atoms with van der Waals surface area (Å²) in [6, 6.07) is 4.33. The molecular formula is C12H12F3NO2. The van der Waals surface area contributed by atoms with E-state index in [1.54, 1.807) is 0 Å². The molecule has 1 aromatic rings. The van der Waals surface area contributed by atoms with Crippen LogP contribution in [-0.2, 0) is 6.18 Å². The van der Waals surface area contributed by atoms with Gasteiger partial charge in [0.15, 0.2) is 0 Å². The van der Waals surface area contributed by atoms with Gasteiger partial charge in [0, 0.05) is 18.7 Å². The number of carbonyl (C=O) groups is 1.